The number of esters is 1. The second-order valence-corrected chi connectivity index (χ2v) is 10.8. The van der Waals surface area contributed by atoms with Gasteiger partial charge in [-0.2, -0.15) is 0 Å². The van der Waals surface area contributed by atoms with E-state index >= 15 is 0 Å². The molecule has 1 aliphatic rings. The second kappa shape index (κ2) is 11.7. The van der Waals surface area contributed by atoms with E-state index in [1.54, 1.807) is 56.0 Å². The number of amides is 3. The van der Waals surface area contributed by atoms with Crippen LogP contribution >= 0.6 is 22.9 Å². The minimum atomic E-state index is -1.28. The molecule has 3 amide bonds. The van der Waals surface area contributed by atoms with Gasteiger partial charge in [0, 0.05) is 23.8 Å². The summed E-state index contributed by atoms with van der Waals surface area (Å²) < 4.78 is 10.4. The molecule has 0 saturated carbocycles. The summed E-state index contributed by atoms with van der Waals surface area (Å²) in [6.07, 6.45) is 1.96. The molecule has 36 heavy (non-hydrogen) atoms. The number of aryl methyl sites for hydroxylation is 1. The summed E-state index contributed by atoms with van der Waals surface area (Å²) in [5.74, 6) is -0.956. The predicted octanol–water partition coefficient (Wildman–Crippen LogP) is 4.77. The summed E-state index contributed by atoms with van der Waals surface area (Å²) in [5, 5.41) is 5.62. The van der Waals surface area contributed by atoms with Crippen molar-refractivity contribution in [1.82, 2.24) is 10.2 Å². The molecule has 2 heterocycles. The molecule has 9 nitrogen and oxygen atoms in total. The van der Waals surface area contributed by atoms with E-state index in [1.165, 1.54) is 7.11 Å². The highest BCUT2D eigenvalue weighted by Gasteiger charge is 2.32. The van der Waals surface area contributed by atoms with Crippen LogP contribution in [0.1, 0.15) is 55.5 Å². The van der Waals surface area contributed by atoms with Crippen molar-refractivity contribution in [2.75, 3.05) is 19.0 Å². The number of methoxy groups -OCH3 is 1. The van der Waals surface area contributed by atoms with Gasteiger partial charge >= 0.3 is 12.1 Å². The van der Waals surface area contributed by atoms with Gasteiger partial charge in [0.2, 0.25) is 5.91 Å². The van der Waals surface area contributed by atoms with Crippen LogP contribution in [0, 0.1) is 6.92 Å². The average Bonchev–Trinajstić information content (AvgIpc) is 3.22. The van der Waals surface area contributed by atoms with E-state index in [2.05, 4.69) is 10.6 Å². The van der Waals surface area contributed by atoms with Gasteiger partial charge in [-0.3, -0.25) is 14.4 Å². The monoisotopic (exact) mass is 535 g/mol. The largest absolute Gasteiger partial charge is 0.469 e. The van der Waals surface area contributed by atoms with Crippen LogP contribution in [0.2, 0.25) is 4.34 Å². The lowest BCUT2D eigenvalue weighted by molar-refractivity contribution is -0.142. The second-order valence-electron chi connectivity index (χ2n) is 9.11. The van der Waals surface area contributed by atoms with E-state index in [-0.39, 0.29) is 24.3 Å². The number of halogens is 1. The number of hydrogen-bond acceptors (Lipinski definition) is 7. The number of ether oxygens (including phenoxy) is 2. The van der Waals surface area contributed by atoms with Gasteiger partial charge in [0.1, 0.15) is 5.54 Å². The summed E-state index contributed by atoms with van der Waals surface area (Å²) >= 11 is 6.94. The molecule has 0 spiro atoms. The van der Waals surface area contributed by atoms with Crippen LogP contribution in [0.3, 0.4) is 0 Å². The first-order chi connectivity index (χ1) is 17.0. The van der Waals surface area contributed by atoms with Crippen LogP contribution in [0.4, 0.5) is 10.5 Å². The molecule has 0 radical (unpaired) electrons. The molecule has 0 bridgehead atoms. The SMILES string of the molecule is COC(=O)CC1CCCCN1C(=O)c1ccc(NC(=O)C(C)(C)NC(=O)Oc2ccc(Cl)s2)cc1C. The van der Waals surface area contributed by atoms with Crippen LogP contribution in [0.5, 0.6) is 5.06 Å². The molecular weight excluding hydrogens is 506 g/mol. The highest BCUT2D eigenvalue weighted by atomic mass is 35.5. The zero-order chi connectivity index (χ0) is 26.5. The Balaban J connectivity index is 1.65. The Kier molecular flexibility index (Phi) is 8.97. The molecule has 1 atom stereocenters. The van der Waals surface area contributed by atoms with Crippen LogP contribution in [0.25, 0.3) is 0 Å². The molecule has 1 aliphatic heterocycles. The number of piperidine rings is 1. The van der Waals surface area contributed by atoms with Crippen molar-refractivity contribution in [2.24, 2.45) is 0 Å². The van der Waals surface area contributed by atoms with Crippen LogP contribution in [0.15, 0.2) is 30.3 Å². The first-order valence-electron chi connectivity index (χ1n) is 11.6. The van der Waals surface area contributed by atoms with Gasteiger partial charge in [-0.15, -0.1) is 0 Å². The Morgan fingerprint density at radius 2 is 1.92 bits per heavy atom. The van der Waals surface area contributed by atoms with Gasteiger partial charge in [-0.05, 0) is 75.9 Å². The molecule has 1 fully saturated rings. The summed E-state index contributed by atoms with van der Waals surface area (Å²) in [5.41, 5.74) is 0.377. The number of likely N-dealkylation sites (tertiary alicyclic amines) is 1. The summed E-state index contributed by atoms with van der Waals surface area (Å²) in [6.45, 7) is 5.46. The van der Waals surface area contributed by atoms with Gasteiger partial charge in [-0.25, -0.2) is 4.79 Å². The lowest BCUT2D eigenvalue weighted by atomic mass is 9.97. The Hall–Kier alpha value is -3.11. The predicted molar refractivity (Wildman–Crippen MR) is 138 cm³/mol. The number of carbonyl (C=O) groups is 4. The number of hydrogen-bond donors (Lipinski definition) is 2. The zero-order valence-electron chi connectivity index (χ0n) is 20.7. The average molecular weight is 536 g/mol. The highest BCUT2D eigenvalue weighted by molar-refractivity contribution is 7.17. The lowest BCUT2D eigenvalue weighted by Gasteiger charge is -2.35. The minimum absolute atomic E-state index is 0.155. The summed E-state index contributed by atoms with van der Waals surface area (Å²) in [7, 11) is 1.34. The Labute approximate surface area is 219 Å². The molecule has 1 unspecified atom stereocenters. The van der Waals surface area contributed by atoms with E-state index in [0.717, 1.165) is 30.6 Å². The third kappa shape index (κ3) is 6.98. The fourth-order valence-corrected chi connectivity index (χ4v) is 4.83. The normalized spacial score (nSPS) is 15.7. The summed E-state index contributed by atoms with van der Waals surface area (Å²) in [6, 6.07) is 7.97. The number of carbonyl (C=O) groups excluding carboxylic acids is 4. The van der Waals surface area contributed by atoms with Crippen molar-refractivity contribution in [3.63, 3.8) is 0 Å². The third-order valence-corrected chi connectivity index (χ3v) is 7.07. The molecule has 0 aliphatic carbocycles. The minimum Gasteiger partial charge on any atom is -0.469 e. The first kappa shape index (κ1) is 27.5. The van der Waals surface area contributed by atoms with Crippen LogP contribution < -0.4 is 15.4 Å². The Morgan fingerprint density at radius 1 is 1.17 bits per heavy atom. The fraction of sp³-hybridized carbons (Fsp3) is 0.440. The maximum Gasteiger partial charge on any atom is 0.414 e. The fourth-order valence-electron chi connectivity index (χ4n) is 3.96. The molecule has 2 N–H and O–H groups in total. The van der Waals surface area contributed by atoms with Crippen molar-refractivity contribution in [3.8, 4) is 5.06 Å². The van der Waals surface area contributed by atoms with Crippen LogP contribution in [-0.4, -0.2) is 54.0 Å². The topological polar surface area (TPSA) is 114 Å². The number of nitrogens with one attached hydrogen (secondary N) is 2. The number of benzene rings is 1. The third-order valence-electron chi connectivity index (χ3n) is 5.96. The molecule has 1 saturated heterocycles. The van der Waals surface area contributed by atoms with Crippen molar-refractivity contribution in [3.05, 3.63) is 45.8 Å². The van der Waals surface area contributed by atoms with Gasteiger partial charge in [0.25, 0.3) is 5.91 Å². The molecular formula is C25H30ClN3O6S. The molecule has 2 aromatic rings. The lowest BCUT2D eigenvalue weighted by Crippen LogP contribution is -2.53. The highest BCUT2D eigenvalue weighted by Crippen LogP contribution is 2.28. The van der Waals surface area contributed by atoms with Gasteiger partial charge < -0.3 is 25.0 Å². The van der Waals surface area contributed by atoms with Crippen molar-refractivity contribution in [2.45, 2.75) is 58.0 Å². The number of nitrogens with zero attached hydrogens (tertiary/aromatic N) is 1. The number of thiophene rings is 1. The maximum absolute atomic E-state index is 13.3. The smallest absolute Gasteiger partial charge is 0.414 e. The van der Waals surface area contributed by atoms with Gasteiger partial charge in [-0.1, -0.05) is 22.9 Å². The molecule has 3 rings (SSSR count). The maximum atomic E-state index is 13.3. The summed E-state index contributed by atoms with van der Waals surface area (Å²) in [4.78, 5) is 51.9. The zero-order valence-corrected chi connectivity index (χ0v) is 22.3. The Bertz CT molecular complexity index is 1150. The van der Waals surface area contributed by atoms with Crippen LogP contribution in [-0.2, 0) is 14.3 Å². The number of anilines is 1. The van der Waals surface area contributed by atoms with Gasteiger partial charge in [0.05, 0.1) is 17.9 Å². The van der Waals surface area contributed by atoms with E-state index in [9.17, 15) is 19.2 Å². The van der Waals surface area contributed by atoms with E-state index in [0.29, 0.717) is 32.8 Å². The van der Waals surface area contributed by atoms with Crippen molar-refractivity contribution < 1.29 is 28.7 Å². The van der Waals surface area contributed by atoms with Gasteiger partial charge in [0.15, 0.2) is 5.06 Å². The van der Waals surface area contributed by atoms with E-state index < -0.39 is 17.5 Å². The quantitative estimate of drug-likeness (QED) is 0.493. The molecule has 11 heteroatoms. The molecule has 194 valence electrons. The van der Waals surface area contributed by atoms with E-state index in [1.807, 2.05) is 0 Å². The number of rotatable bonds is 7. The molecule has 1 aromatic carbocycles. The van der Waals surface area contributed by atoms with Crippen molar-refractivity contribution in [1.29, 1.82) is 0 Å². The molecule has 1 aromatic heterocycles. The Morgan fingerprint density at radius 3 is 2.56 bits per heavy atom. The van der Waals surface area contributed by atoms with Crippen molar-refractivity contribution >= 4 is 52.5 Å². The first-order valence-corrected chi connectivity index (χ1v) is 12.7. The van der Waals surface area contributed by atoms with E-state index in [4.69, 9.17) is 21.1 Å². The standard InChI is InChI=1S/C25H30ClN3O6S/c1-15-13-16(27-23(32)25(2,3)28-24(33)35-21-11-10-19(26)36-21)8-9-18(15)22(31)29-12-6-5-7-17(29)14-20(30)34-4/h8-11,13,17H,5-7,12,14H2,1-4H3,(H,27,32)(H,28,33).